The fraction of sp³-hybridized carbons (Fsp3) is 0.308. The number of aromatic nitrogens is 5. The number of amides is 1. The minimum atomic E-state index is -0.484. The Hall–Kier alpha value is -2.75. The van der Waals surface area contributed by atoms with Gasteiger partial charge in [-0.2, -0.15) is 4.37 Å². The van der Waals surface area contributed by atoms with Crippen molar-refractivity contribution in [3.63, 3.8) is 0 Å². The van der Waals surface area contributed by atoms with Crippen LogP contribution in [0.5, 0.6) is 0 Å². The predicted molar refractivity (Wildman–Crippen MR) is 85.7 cm³/mol. The average Bonchev–Trinajstić information content (AvgIpc) is 3.09. The maximum Gasteiger partial charge on any atom is 0.332 e. The Balaban J connectivity index is 1.96. The number of hydrogen-bond donors (Lipinski definition) is 1. The fourth-order valence-electron chi connectivity index (χ4n) is 2.27. The summed E-state index contributed by atoms with van der Waals surface area (Å²) in [6.07, 6.45) is 1.38. The van der Waals surface area contributed by atoms with Gasteiger partial charge in [0.15, 0.2) is 11.2 Å². The van der Waals surface area contributed by atoms with E-state index >= 15 is 0 Å². The SMILES string of the molecule is Cc1cc(NC(=O)Cn2cnc3c2c(=O)n(C)c(=O)n3C)sn1. The number of aryl methyl sites for hydroxylation is 2. The third-order valence-electron chi connectivity index (χ3n) is 3.42. The molecule has 0 radical (unpaired) electrons. The zero-order valence-corrected chi connectivity index (χ0v) is 13.5. The maximum atomic E-state index is 12.3. The Morgan fingerprint density at radius 2 is 2.04 bits per heavy atom. The lowest BCUT2D eigenvalue weighted by Crippen LogP contribution is -2.37. The molecular weight excluding hydrogens is 320 g/mol. The molecule has 0 saturated heterocycles. The molecule has 3 aromatic rings. The first kappa shape index (κ1) is 15.2. The van der Waals surface area contributed by atoms with Crippen LogP contribution in [0.15, 0.2) is 22.0 Å². The molecule has 1 N–H and O–H groups in total. The maximum absolute atomic E-state index is 12.3. The second-order valence-electron chi connectivity index (χ2n) is 5.13. The summed E-state index contributed by atoms with van der Waals surface area (Å²) in [6.45, 7) is 1.75. The summed E-state index contributed by atoms with van der Waals surface area (Å²) in [4.78, 5) is 40.3. The molecule has 1 amide bonds. The van der Waals surface area contributed by atoms with Gasteiger partial charge in [-0.15, -0.1) is 0 Å². The van der Waals surface area contributed by atoms with E-state index in [1.807, 2.05) is 6.92 Å². The molecule has 3 rings (SSSR count). The van der Waals surface area contributed by atoms with Gasteiger partial charge in [-0.05, 0) is 24.5 Å². The van der Waals surface area contributed by atoms with E-state index in [4.69, 9.17) is 0 Å². The highest BCUT2D eigenvalue weighted by Crippen LogP contribution is 2.15. The second-order valence-corrected chi connectivity index (χ2v) is 5.94. The lowest BCUT2D eigenvalue weighted by molar-refractivity contribution is -0.116. The number of nitrogens with zero attached hydrogens (tertiary/aromatic N) is 5. The summed E-state index contributed by atoms with van der Waals surface area (Å²) in [7, 11) is 2.92. The lowest BCUT2D eigenvalue weighted by atomic mass is 10.4. The number of fused-ring (bicyclic) bond motifs is 1. The van der Waals surface area contributed by atoms with Gasteiger partial charge in [-0.1, -0.05) is 0 Å². The summed E-state index contributed by atoms with van der Waals surface area (Å²) in [5.41, 5.74) is 0.339. The highest BCUT2D eigenvalue weighted by molar-refractivity contribution is 7.10. The summed E-state index contributed by atoms with van der Waals surface area (Å²) in [5, 5.41) is 3.35. The number of rotatable bonds is 3. The van der Waals surface area contributed by atoms with E-state index in [0.29, 0.717) is 5.00 Å². The summed E-state index contributed by atoms with van der Waals surface area (Å²) in [6, 6.07) is 1.76. The van der Waals surface area contributed by atoms with Gasteiger partial charge < -0.3 is 9.88 Å². The van der Waals surface area contributed by atoms with Gasteiger partial charge in [0, 0.05) is 14.1 Å². The van der Waals surface area contributed by atoms with Crippen LogP contribution in [0, 0.1) is 6.92 Å². The van der Waals surface area contributed by atoms with Crippen molar-refractivity contribution in [2.45, 2.75) is 13.5 Å². The normalized spacial score (nSPS) is 11.1. The highest BCUT2D eigenvalue weighted by Gasteiger charge is 2.16. The van der Waals surface area contributed by atoms with Crippen LogP contribution in [0.4, 0.5) is 5.00 Å². The van der Waals surface area contributed by atoms with Gasteiger partial charge in [0.1, 0.15) is 11.5 Å². The number of carbonyl (C=O) groups excluding carboxylic acids is 1. The Bertz CT molecular complexity index is 1020. The van der Waals surface area contributed by atoms with E-state index in [-0.39, 0.29) is 23.6 Å². The van der Waals surface area contributed by atoms with Crippen molar-refractivity contribution in [1.82, 2.24) is 23.1 Å². The van der Waals surface area contributed by atoms with E-state index in [0.717, 1.165) is 10.3 Å². The Morgan fingerprint density at radius 1 is 1.30 bits per heavy atom. The molecule has 3 aromatic heterocycles. The second kappa shape index (κ2) is 5.47. The van der Waals surface area contributed by atoms with Gasteiger partial charge in [0.05, 0.1) is 12.0 Å². The van der Waals surface area contributed by atoms with Gasteiger partial charge in [0.2, 0.25) is 5.91 Å². The smallest absolute Gasteiger partial charge is 0.315 e. The molecule has 0 aliphatic heterocycles. The monoisotopic (exact) mass is 334 g/mol. The summed E-state index contributed by atoms with van der Waals surface area (Å²) < 4.78 is 7.78. The predicted octanol–water partition coefficient (Wildman–Crippen LogP) is -0.163. The molecular formula is C13H14N6O3S. The number of carbonyl (C=O) groups is 1. The van der Waals surface area contributed by atoms with Crippen molar-refractivity contribution in [2.75, 3.05) is 5.32 Å². The topological polar surface area (TPSA) is 104 Å². The van der Waals surface area contributed by atoms with Crippen LogP contribution >= 0.6 is 11.5 Å². The van der Waals surface area contributed by atoms with E-state index in [1.165, 1.54) is 41.1 Å². The molecule has 0 aliphatic carbocycles. The van der Waals surface area contributed by atoms with Crippen molar-refractivity contribution in [2.24, 2.45) is 14.1 Å². The molecule has 23 heavy (non-hydrogen) atoms. The first-order valence-corrected chi connectivity index (χ1v) is 7.50. The van der Waals surface area contributed by atoms with Crippen LogP contribution in [-0.2, 0) is 25.4 Å². The van der Waals surface area contributed by atoms with Gasteiger partial charge in [-0.3, -0.25) is 18.7 Å². The molecule has 120 valence electrons. The molecule has 0 atom stereocenters. The standard InChI is InChI=1S/C13H14N6O3S/c1-7-4-9(23-16-7)15-8(20)5-19-6-14-11-10(19)12(21)18(3)13(22)17(11)2/h4,6H,5H2,1-3H3,(H,15,20). The van der Waals surface area contributed by atoms with Gasteiger partial charge in [0.25, 0.3) is 5.56 Å². The minimum absolute atomic E-state index is 0.0824. The average molecular weight is 334 g/mol. The first-order valence-electron chi connectivity index (χ1n) is 6.72. The molecule has 0 aromatic carbocycles. The van der Waals surface area contributed by atoms with Crippen LogP contribution in [0.2, 0.25) is 0 Å². The quantitative estimate of drug-likeness (QED) is 0.716. The first-order chi connectivity index (χ1) is 10.9. The Kier molecular flexibility index (Phi) is 3.60. The van der Waals surface area contributed by atoms with Crippen molar-refractivity contribution in [3.05, 3.63) is 38.9 Å². The van der Waals surface area contributed by atoms with Crippen LogP contribution in [-0.4, -0.2) is 29.0 Å². The van der Waals surface area contributed by atoms with Crippen LogP contribution in [0.1, 0.15) is 5.69 Å². The van der Waals surface area contributed by atoms with Crippen LogP contribution in [0.3, 0.4) is 0 Å². The van der Waals surface area contributed by atoms with Crippen LogP contribution < -0.4 is 16.6 Å². The molecule has 10 heteroatoms. The zero-order valence-electron chi connectivity index (χ0n) is 12.7. The van der Waals surface area contributed by atoms with Gasteiger partial charge in [-0.25, -0.2) is 9.78 Å². The van der Waals surface area contributed by atoms with E-state index in [9.17, 15) is 14.4 Å². The third-order valence-corrected chi connectivity index (χ3v) is 4.22. The molecule has 0 spiro atoms. The third kappa shape index (κ3) is 2.57. The number of hydrogen-bond acceptors (Lipinski definition) is 6. The number of nitrogens with one attached hydrogen (secondary N) is 1. The molecule has 0 bridgehead atoms. The largest absolute Gasteiger partial charge is 0.332 e. The van der Waals surface area contributed by atoms with Crippen LogP contribution in [0.25, 0.3) is 11.2 Å². The van der Waals surface area contributed by atoms with E-state index in [1.54, 1.807) is 6.07 Å². The Morgan fingerprint density at radius 3 is 2.70 bits per heavy atom. The van der Waals surface area contributed by atoms with E-state index < -0.39 is 11.2 Å². The van der Waals surface area contributed by atoms with Crippen molar-refractivity contribution in [1.29, 1.82) is 0 Å². The minimum Gasteiger partial charge on any atom is -0.315 e. The highest BCUT2D eigenvalue weighted by atomic mass is 32.1. The number of anilines is 1. The molecule has 0 fully saturated rings. The molecule has 0 unspecified atom stereocenters. The Labute approximate surface area is 134 Å². The number of imidazole rings is 1. The summed E-state index contributed by atoms with van der Waals surface area (Å²) >= 11 is 1.19. The van der Waals surface area contributed by atoms with Gasteiger partial charge >= 0.3 is 5.69 Å². The van der Waals surface area contributed by atoms with Crippen molar-refractivity contribution in [3.8, 4) is 0 Å². The van der Waals surface area contributed by atoms with E-state index in [2.05, 4.69) is 14.7 Å². The molecule has 3 heterocycles. The molecule has 9 nitrogen and oxygen atoms in total. The zero-order chi connectivity index (χ0) is 16.7. The molecule has 0 saturated carbocycles. The summed E-state index contributed by atoms with van der Waals surface area (Å²) in [5.74, 6) is -0.302. The lowest BCUT2D eigenvalue weighted by Gasteiger charge is -2.06. The molecule has 0 aliphatic rings. The fourth-order valence-corrected chi connectivity index (χ4v) is 2.95. The van der Waals surface area contributed by atoms with Crippen molar-refractivity contribution >= 4 is 33.6 Å². The van der Waals surface area contributed by atoms with Crippen molar-refractivity contribution < 1.29 is 4.79 Å².